The van der Waals surface area contributed by atoms with Crippen LogP contribution in [0.5, 0.6) is 0 Å². The van der Waals surface area contributed by atoms with Crippen LogP contribution in [0.15, 0.2) is 22.0 Å². The third-order valence-corrected chi connectivity index (χ3v) is 3.77. The predicted octanol–water partition coefficient (Wildman–Crippen LogP) is 4.36. The zero-order valence-electron chi connectivity index (χ0n) is 7.38. The molecule has 0 aliphatic heterocycles. The highest BCUT2D eigenvalue weighted by molar-refractivity contribution is 9.11. The van der Waals surface area contributed by atoms with Gasteiger partial charge in [0.2, 0.25) is 0 Å². The molecule has 15 heavy (non-hydrogen) atoms. The van der Waals surface area contributed by atoms with Gasteiger partial charge in [0.05, 0.1) is 20.2 Å². The first-order valence-corrected chi connectivity index (χ1v) is 6.56. The van der Waals surface area contributed by atoms with Crippen LogP contribution in [0.4, 0.5) is 0 Å². The molecule has 0 spiro atoms. The Morgan fingerprint density at radius 2 is 2.13 bits per heavy atom. The Morgan fingerprint density at radius 3 is 2.73 bits per heavy atom. The lowest BCUT2D eigenvalue weighted by atomic mass is 10.4. The molecule has 2 rings (SSSR count). The van der Waals surface area contributed by atoms with E-state index in [1.807, 2.05) is 12.1 Å². The summed E-state index contributed by atoms with van der Waals surface area (Å²) < 4.78 is 1.04. The maximum atomic E-state index is 5.87. The molecule has 78 valence electrons. The summed E-state index contributed by atoms with van der Waals surface area (Å²) >= 11 is 16.5. The Balaban J connectivity index is 2.48. The molecular weight excluding hydrogens is 319 g/mol. The van der Waals surface area contributed by atoms with E-state index in [9.17, 15) is 0 Å². The molecule has 0 amide bonds. The minimum atomic E-state index is 0.335. The fraction of sp³-hybridized carbons (Fsp3) is 0.111. The molecule has 0 saturated heterocycles. The Kier molecular flexibility index (Phi) is 3.61. The maximum absolute atomic E-state index is 5.87. The van der Waals surface area contributed by atoms with Crippen LogP contribution in [0.3, 0.4) is 0 Å². The van der Waals surface area contributed by atoms with E-state index in [2.05, 4.69) is 25.9 Å². The van der Waals surface area contributed by atoms with Gasteiger partial charge in [-0.2, -0.15) is 0 Å². The molecule has 0 unspecified atom stereocenters. The van der Waals surface area contributed by atoms with Crippen LogP contribution in [-0.4, -0.2) is 9.97 Å². The van der Waals surface area contributed by atoms with E-state index in [4.69, 9.17) is 23.2 Å². The summed E-state index contributed by atoms with van der Waals surface area (Å²) in [5.74, 6) is 0.954. The second-order valence-electron chi connectivity index (χ2n) is 2.74. The summed E-state index contributed by atoms with van der Waals surface area (Å²) in [7, 11) is 0. The average Bonchev–Trinajstić information content (AvgIpc) is 2.64. The van der Waals surface area contributed by atoms with E-state index in [0.29, 0.717) is 16.9 Å². The smallest absolute Gasteiger partial charge is 0.171 e. The molecule has 6 heteroatoms. The fourth-order valence-corrected chi connectivity index (χ4v) is 2.74. The van der Waals surface area contributed by atoms with Gasteiger partial charge in [0, 0.05) is 0 Å². The number of alkyl halides is 1. The van der Waals surface area contributed by atoms with Gasteiger partial charge >= 0.3 is 0 Å². The minimum absolute atomic E-state index is 0.335. The maximum Gasteiger partial charge on any atom is 0.171 e. The van der Waals surface area contributed by atoms with Crippen molar-refractivity contribution in [2.75, 3.05) is 0 Å². The molecule has 0 aromatic carbocycles. The largest absolute Gasteiger partial charge is 0.231 e. The van der Waals surface area contributed by atoms with Crippen molar-refractivity contribution < 1.29 is 0 Å². The van der Waals surface area contributed by atoms with Crippen LogP contribution in [0.2, 0.25) is 5.15 Å². The zero-order chi connectivity index (χ0) is 10.8. The standard InChI is InChI=1S/C9H5BrCl2N2S/c10-7-2-1-6(15-7)9-13-5(4-11)3-8(12)14-9/h1-3H,4H2. The number of hydrogen-bond acceptors (Lipinski definition) is 3. The molecule has 0 bridgehead atoms. The van der Waals surface area contributed by atoms with E-state index in [0.717, 1.165) is 14.4 Å². The van der Waals surface area contributed by atoms with Crippen LogP contribution in [0.1, 0.15) is 5.69 Å². The highest BCUT2D eigenvalue weighted by Crippen LogP contribution is 2.29. The van der Waals surface area contributed by atoms with Gasteiger partial charge in [-0.3, -0.25) is 0 Å². The Labute approximate surface area is 109 Å². The highest BCUT2D eigenvalue weighted by atomic mass is 79.9. The topological polar surface area (TPSA) is 25.8 Å². The summed E-state index contributed by atoms with van der Waals surface area (Å²) in [6, 6.07) is 5.56. The van der Waals surface area contributed by atoms with Crippen molar-refractivity contribution in [2.45, 2.75) is 5.88 Å². The molecule has 0 aliphatic rings. The van der Waals surface area contributed by atoms with Crippen molar-refractivity contribution in [1.82, 2.24) is 9.97 Å². The average molecular weight is 324 g/mol. The number of hydrogen-bond donors (Lipinski definition) is 0. The third kappa shape index (κ3) is 2.69. The van der Waals surface area contributed by atoms with Gasteiger partial charge < -0.3 is 0 Å². The Morgan fingerprint density at radius 1 is 1.33 bits per heavy atom. The van der Waals surface area contributed by atoms with Crippen LogP contribution >= 0.6 is 50.5 Å². The molecule has 0 saturated carbocycles. The van der Waals surface area contributed by atoms with Crippen LogP contribution < -0.4 is 0 Å². The first kappa shape index (κ1) is 11.3. The number of aromatic nitrogens is 2. The molecule has 0 atom stereocenters. The van der Waals surface area contributed by atoms with Crippen molar-refractivity contribution in [3.8, 4) is 10.7 Å². The molecule has 0 N–H and O–H groups in total. The summed E-state index contributed by atoms with van der Waals surface area (Å²) in [6.07, 6.45) is 0. The molecule has 2 aromatic heterocycles. The van der Waals surface area contributed by atoms with Gasteiger partial charge in [-0.15, -0.1) is 22.9 Å². The van der Waals surface area contributed by atoms with Crippen molar-refractivity contribution in [3.63, 3.8) is 0 Å². The van der Waals surface area contributed by atoms with Crippen molar-refractivity contribution in [1.29, 1.82) is 0 Å². The minimum Gasteiger partial charge on any atom is -0.231 e. The van der Waals surface area contributed by atoms with Crippen molar-refractivity contribution in [2.24, 2.45) is 0 Å². The number of halogens is 3. The summed E-state index contributed by atoms with van der Waals surface area (Å²) in [4.78, 5) is 9.42. The van der Waals surface area contributed by atoms with Gasteiger partial charge in [-0.1, -0.05) is 11.6 Å². The normalized spacial score (nSPS) is 10.6. The molecule has 0 aliphatic carbocycles. The molecular formula is C9H5BrCl2N2S. The molecule has 0 fully saturated rings. The third-order valence-electron chi connectivity index (χ3n) is 1.68. The van der Waals surface area contributed by atoms with E-state index in [1.165, 1.54) is 0 Å². The van der Waals surface area contributed by atoms with E-state index < -0.39 is 0 Å². The first-order chi connectivity index (χ1) is 7.19. The monoisotopic (exact) mass is 322 g/mol. The summed E-state index contributed by atoms with van der Waals surface area (Å²) in [5, 5.41) is 0.417. The molecule has 2 aromatic rings. The molecule has 2 heterocycles. The Bertz CT molecular complexity index is 487. The predicted molar refractivity (Wildman–Crippen MR) is 67.6 cm³/mol. The van der Waals surface area contributed by atoms with Gasteiger partial charge in [-0.25, -0.2) is 9.97 Å². The van der Waals surface area contributed by atoms with Gasteiger partial charge in [-0.05, 0) is 34.1 Å². The van der Waals surface area contributed by atoms with E-state index >= 15 is 0 Å². The Hall–Kier alpha value is -0.160. The van der Waals surface area contributed by atoms with E-state index in [1.54, 1.807) is 17.4 Å². The van der Waals surface area contributed by atoms with Gasteiger partial charge in [0.1, 0.15) is 5.15 Å². The van der Waals surface area contributed by atoms with Crippen molar-refractivity contribution in [3.05, 3.63) is 32.8 Å². The lowest BCUT2D eigenvalue weighted by molar-refractivity contribution is 1.10. The zero-order valence-corrected chi connectivity index (χ0v) is 11.3. The second-order valence-corrected chi connectivity index (χ2v) is 5.86. The number of rotatable bonds is 2. The van der Waals surface area contributed by atoms with Crippen LogP contribution in [0.25, 0.3) is 10.7 Å². The fourth-order valence-electron chi connectivity index (χ4n) is 1.08. The van der Waals surface area contributed by atoms with Crippen molar-refractivity contribution >= 4 is 50.5 Å². The quantitative estimate of drug-likeness (QED) is 0.606. The van der Waals surface area contributed by atoms with Crippen LogP contribution in [-0.2, 0) is 5.88 Å². The van der Waals surface area contributed by atoms with Gasteiger partial charge in [0.15, 0.2) is 5.82 Å². The number of thiophene rings is 1. The molecule has 2 nitrogen and oxygen atoms in total. The number of nitrogens with zero attached hydrogens (tertiary/aromatic N) is 2. The first-order valence-electron chi connectivity index (χ1n) is 4.04. The van der Waals surface area contributed by atoms with E-state index in [-0.39, 0.29) is 0 Å². The highest BCUT2D eigenvalue weighted by Gasteiger charge is 2.07. The SMILES string of the molecule is ClCc1cc(Cl)nc(-c2ccc(Br)s2)n1. The lowest BCUT2D eigenvalue weighted by Gasteiger charge is -2.00. The lowest BCUT2D eigenvalue weighted by Crippen LogP contribution is -1.92. The second kappa shape index (κ2) is 4.78. The van der Waals surface area contributed by atoms with Crippen LogP contribution in [0, 0.1) is 0 Å². The molecule has 0 radical (unpaired) electrons. The summed E-state index contributed by atoms with van der Waals surface area (Å²) in [6.45, 7) is 0. The summed E-state index contributed by atoms with van der Waals surface area (Å²) in [5.41, 5.74) is 0.733. The van der Waals surface area contributed by atoms with Gasteiger partial charge in [0.25, 0.3) is 0 Å².